The molecule has 9 nitrogen and oxygen atoms in total. The standard InChI is InChI=1S/C16H23N5O4S/c1-8(2)21(9(3)4)13(22)7-26-16-20-19-12(25-16)6-11-10(5)17-15(24)18-14(11)23/h8-9H,6-7H2,1-5H3,(H2,17,18,23,24). The van der Waals surface area contributed by atoms with Gasteiger partial charge < -0.3 is 14.3 Å². The van der Waals surface area contributed by atoms with Crippen LogP contribution in [0.3, 0.4) is 0 Å². The summed E-state index contributed by atoms with van der Waals surface area (Å²) in [5, 5.41) is 8.07. The molecule has 10 heteroatoms. The molecule has 0 bridgehead atoms. The monoisotopic (exact) mass is 381 g/mol. The van der Waals surface area contributed by atoms with Crippen molar-refractivity contribution < 1.29 is 9.21 Å². The van der Waals surface area contributed by atoms with E-state index < -0.39 is 11.2 Å². The maximum absolute atomic E-state index is 12.4. The SMILES string of the molecule is Cc1[nH]c(=O)[nH]c(=O)c1Cc1nnc(SCC(=O)N(C(C)C)C(C)C)o1. The Bertz CT molecular complexity index is 875. The molecule has 0 aliphatic rings. The summed E-state index contributed by atoms with van der Waals surface area (Å²) in [5.41, 5.74) is -0.243. The molecule has 0 spiro atoms. The van der Waals surface area contributed by atoms with Crippen LogP contribution in [0.25, 0.3) is 0 Å². The van der Waals surface area contributed by atoms with Crippen molar-refractivity contribution in [3.05, 3.63) is 38.0 Å². The van der Waals surface area contributed by atoms with E-state index in [1.54, 1.807) is 11.8 Å². The number of amides is 1. The van der Waals surface area contributed by atoms with E-state index in [-0.39, 0.29) is 41.3 Å². The van der Waals surface area contributed by atoms with E-state index in [0.717, 1.165) is 11.8 Å². The fourth-order valence-corrected chi connectivity index (χ4v) is 3.38. The van der Waals surface area contributed by atoms with E-state index in [1.165, 1.54) is 0 Å². The van der Waals surface area contributed by atoms with Gasteiger partial charge >= 0.3 is 5.69 Å². The van der Waals surface area contributed by atoms with Crippen molar-refractivity contribution >= 4 is 17.7 Å². The van der Waals surface area contributed by atoms with Gasteiger partial charge in [-0.15, -0.1) is 10.2 Å². The van der Waals surface area contributed by atoms with Crippen LogP contribution >= 0.6 is 11.8 Å². The van der Waals surface area contributed by atoms with Crippen molar-refractivity contribution in [2.75, 3.05) is 5.75 Å². The minimum Gasteiger partial charge on any atom is -0.416 e. The van der Waals surface area contributed by atoms with Crippen LogP contribution in [-0.2, 0) is 11.2 Å². The molecular weight excluding hydrogens is 358 g/mol. The Morgan fingerprint density at radius 1 is 1.15 bits per heavy atom. The van der Waals surface area contributed by atoms with Crippen LogP contribution in [-0.4, -0.2) is 48.8 Å². The highest BCUT2D eigenvalue weighted by Crippen LogP contribution is 2.19. The quantitative estimate of drug-likeness (QED) is 0.688. The zero-order valence-electron chi connectivity index (χ0n) is 15.5. The Hall–Kier alpha value is -2.36. The average molecular weight is 381 g/mol. The van der Waals surface area contributed by atoms with Gasteiger partial charge in [0.05, 0.1) is 12.2 Å². The second kappa shape index (κ2) is 8.35. The average Bonchev–Trinajstić information content (AvgIpc) is 2.95. The number of aromatic nitrogens is 4. The first-order valence-corrected chi connectivity index (χ1v) is 9.26. The molecule has 2 rings (SSSR count). The van der Waals surface area contributed by atoms with Crippen LogP contribution in [0.1, 0.15) is 44.8 Å². The third-order valence-corrected chi connectivity index (χ3v) is 4.55. The maximum atomic E-state index is 12.4. The molecule has 0 saturated carbocycles. The second-order valence-electron chi connectivity index (χ2n) is 6.43. The number of nitrogens with one attached hydrogen (secondary N) is 2. The van der Waals surface area contributed by atoms with Crippen LogP contribution in [0.4, 0.5) is 0 Å². The minimum absolute atomic E-state index is 0.00678. The number of rotatable bonds is 7. The highest BCUT2D eigenvalue weighted by Gasteiger charge is 2.21. The lowest BCUT2D eigenvalue weighted by Crippen LogP contribution is -2.43. The van der Waals surface area contributed by atoms with Gasteiger partial charge in [-0.3, -0.25) is 14.6 Å². The predicted octanol–water partition coefficient (Wildman–Crippen LogP) is 1.08. The number of nitrogens with zero attached hydrogens (tertiary/aromatic N) is 3. The Morgan fingerprint density at radius 2 is 1.81 bits per heavy atom. The van der Waals surface area contributed by atoms with Gasteiger partial charge in [0.1, 0.15) is 0 Å². The molecule has 0 atom stereocenters. The van der Waals surface area contributed by atoms with Gasteiger partial charge in [0, 0.05) is 23.3 Å². The third-order valence-electron chi connectivity index (χ3n) is 3.75. The second-order valence-corrected chi connectivity index (χ2v) is 7.35. The minimum atomic E-state index is -0.559. The molecule has 2 aromatic heterocycles. The van der Waals surface area contributed by atoms with E-state index >= 15 is 0 Å². The van der Waals surface area contributed by atoms with Gasteiger partial charge in [-0.2, -0.15) is 0 Å². The van der Waals surface area contributed by atoms with E-state index in [9.17, 15) is 14.4 Å². The zero-order chi connectivity index (χ0) is 19.4. The van der Waals surface area contributed by atoms with Crippen molar-refractivity contribution in [1.82, 2.24) is 25.1 Å². The molecule has 0 fully saturated rings. The van der Waals surface area contributed by atoms with Crippen LogP contribution in [0.15, 0.2) is 19.2 Å². The van der Waals surface area contributed by atoms with Gasteiger partial charge in [-0.05, 0) is 34.6 Å². The largest absolute Gasteiger partial charge is 0.416 e. The summed E-state index contributed by atoms with van der Waals surface area (Å²) in [7, 11) is 0. The van der Waals surface area contributed by atoms with Crippen LogP contribution < -0.4 is 11.2 Å². The summed E-state index contributed by atoms with van der Waals surface area (Å²) in [4.78, 5) is 41.9. The normalized spacial score (nSPS) is 11.3. The molecule has 26 heavy (non-hydrogen) atoms. The van der Waals surface area contributed by atoms with Crippen molar-refractivity contribution in [2.45, 2.75) is 58.3 Å². The van der Waals surface area contributed by atoms with E-state index in [2.05, 4.69) is 20.2 Å². The number of thioether (sulfide) groups is 1. The molecule has 0 aliphatic heterocycles. The number of aromatic amines is 2. The van der Waals surface area contributed by atoms with E-state index in [1.807, 2.05) is 27.7 Å². The molecule has 142 valence electrons. The zero-order valence-corrected chi connectivity index (χ0v) is 16.3. The fraction of sp³-hybridized carbons (Fsp3) is 0.562. The number of aryl methyl sites for hydroxylation is 1. The summed E-state index contributed by atoms with van der Waals surface area (Å²) in [6, 6.07) is 0.215. The van der Waals surface area contributed by atoms with Gasteiger partial charge in [0.15, 0.2) is 0 Å². The Kier molecular flexibility index (Phi) is 6.41. The molecule has 0 unspecified atom stereocenters. The number of carbonyl (C=O) groups excluding carboxylic acids is 1. The molecule has 0 aromatic carbocycles. The smallest absolute Gasteiger partial charge is 0.325 e. The van der Waals surface area contributed by atoms with E-state index in [4.69, 9.17) is 4.42 Å². The van der Waals surface area contributed by atoms with Gasteiger partial charge in [-0.1, -0.05) is 11.8 Å². The Morgan fingerprint density at radius 3 is 2.38 bits per heavy atom. The van der Waals surface area contributed by atoms with Crippen molar-refractivity contribution in [3.63, 3.8) is 0 Å². The lowest BCUT2D eigenvalue weighted by atomic mass is 10.2. The number of carbonyl (C=O) groups is 1. The molecular formula is C16H23N5O4S. The summed E-state index contributed by atoms with van der Waals surface area (Å²) < 4.78 is 5.50. The molecule has 0 radical (unpaired) electrons. The molecule has 0 saturated heterocycles. The summed E-state index contributed by atoms with van der Waals surface area (Å²) >= 11 is 1.16. The highest BCUT2D eigenvalue weighted by atomic mass is 32.2. The molecule has 2 heterocycles. The Labute approximate surface area is 154 Å². The van der Waals surface area contributed by atoms with E-state index in [0.29, 0.717) is 11.3 Å². The van der Waals surface area contributed by atoms with Gasteiger partial charge in [0.2, 0.25) is 11.8 Å². The molecule has 1 amide bonds. The molecule has 2 N–H and O–H groups in total. The number of hydrogen-bond acceptors (Lipinski definition) is 7. The first-order valence-electron chi connectivity index (χ1n) is 8.27. The van der Waals surface area contributed by atoms with Crippen LogP contribution in [0.2, 0.25) is 0 Å². The number of H-pyrrole nitrogens is 2. The van der Waals surface area contributed by atoms with Crippen LogP contribution in [0, 0.1) is 6.92 Å². The molecule has 0 aliphatic carbocycles. The fourth-order valence-electron chi connectivity index (χ4n) is 2.73. The summed E-state index contributed by atoms with van der Waals surface area (Å²) in [6.45, 7) is 9.51. The topological polar surface area (TPSA) is 125 Å². The lowest BCUT2D eigenvalue weighted by molar-refractivity contribution is -0.131. The first kappa shape index (κ1) is 20.0. The summed E-state index contributed by atoms with van der Waals surface area (Å²) in [5.74, 6) is 0.425. The Balaban J connectivity index is 2.04. The maximum Gasteiger partial charge on any atom is 0.325 e. The summed E-state index contributed by atoms with van der Waals surface area (Å²) in [6.07, 6.45) is 0.101. The van der Waals surface area contributed by atoms with Gasteiger partial charge in [0.25, 0.3) is 10.8 Å². The number of hydrogen-bond donors (Lipinski definition) is 2. The highest BCUT2D eigenvalue weighted by molar-refractivity contribution is 7.99. The third kappa shape index (κ3) is 4.84. The predicted molar refractivity (Wildman–Crippen MR) is 97.4 cm³/mol. The van der Waals surface area contributed by atoms with Crippen molar-refractivity contribution in [1.29, 1.82) is 0 Å². The molecule has 2 aromatic rings. The first-order chi connectivity index (χ1) is 12.2. The van der Waals surface area contributed by atoms with Crippen LogP contribution in [0.5, 0.6) is 0 Å². The van der Waals surface area contributed by atoms with Crippen molar-refractivity contribution in [2.24, 2.45) is 0 Å². The van der Waals surface area contributed by atoms with Crippen molar-refractivity contribution in [3.8, 4) is 0 Å². The van der Waals surface area contributed by atoms with Gasteiger partial charge in [-0.25, -0.2) is 4.79 Å². The lowest BCUT2D eigenvalue weighted by Gasteiger charge is -2.30.